The molecule has 0 aliphatic carbocycles. The molecule has 0 bridgehead atoms. The van der Waals surface area contributed by atoms with Crippen LogP contribution >= 0.6 is 22.9 Å². The predicted molar refractivity (Wildman–Crippen MR) is 107 cm³/mol. The summed E-state index contributed by atoms with van der Waals surface area (Å²) in [6, 6.07) is 11.5. The molecule has 0 radical (unpaired) electrons. The summed E-state index contributed by atoms with van der Waals surface area (Å²) in [6.07, 6.45) is 1.60. The number of fused-ring (bicyclic) bond motifs is 1. The lowest BCUT2D eigenvalue weighted by molar-refractivity contribution is -0.384. The van der Waals surface area contributed by atoms with E-state index in [1.807, 2.05) is 0 Å². The number of benzene rings is 2. The number of halogens is 1. The van der Waals surface area contributed by atoms with Crippen LogP contribution in [0.5, 0.6) is 5.75 Å². The number of methoxy groups -OCH3 is 1. The summed E-state index contributed by atoms with van der Waals surface area (Å²) in [5.41, 5.74) is 0.859. The topological polar surface area (TPSA) is 91.0 Å². The summed E-state index contributed by atoms with van der Waals surface area (Å²) in [6.45, 7) is 0. The van der Waals surface area contributed by atoms with Crippen LogP contribution in [0.15, 0.2) is 53.2 Å². The molecule has 0 saturated carbocycles. The molecule has 0 unspecified atom stereocenters. The number of non-ortho nitro benzene ring substituents is 1. The first-order valence-corrected chi connectivity index (χ1v) is 9.19. The van der Waals surface area contributed by atoms with Gasteiger partial charge in [0.2, 0.25) is 5.90 Å². The molecule has 9 heteroatoms. The number of nitro groups is 1. The van der Waals surface area contributed by atoms with E-state index in [-0.39, 0.29) is 17.3 Å². The van der Waals surface area contributed by atoms with Crippen molar-refractivity contribution in [1.82, 2.24) is 0 Å². The Hall–Kier alpha value is -3.23. The Bertz CT molecular complexity index is 1180. The number of nitro benzene ring substituents is 1. The third kappa shape index (κ3) is 3.23. The summed E-state index contributed by atoms with van der Waals surface area (Å²) < 4.78 is 11.0. The number of aliphatic imine (C=N–C) groups is 1. The molecule has 140 valence electrons. The molecule has 0 N–H and O–H groups in total. The number of thiophene rings is 1. The van der Waals surface area contributed by atoms with Crippen LogP contribution in [0.4, 0.5) is 5.69 Å². The molecule has 2 aromatic carbocycles. The lowest BCUT2D eigenvalue weighted by Gasteiger charge is -1.99. The van der Waals surface area contributed by atoms with Crippen LogP contribution in [0.25, 0.3) is 16.2 Å². The van der Waals surface area contributed by atoms with Gasteiger partial charge in [-0.15, -0.1) is 11.3 Å². The van der Waals surface area contributed by atoms with Gasteiger partial charge in [-0.2, -0.15) is 0 Å². The number of ether oxygens (including phenoxy) is 2. The molecule has 0 saturated heterocycles. The number of esters is 1. The average Bonchev–Trinajstić information content (AvgIpc) is 3.22. The van der Waals surface area contributed by atoms with Crippen LogP contribution < -0.4 is 4.74 Å². The van der Waals surface area contributed by atoms with Gasteiger partial charge in [-0.25, -0.2) is 9.79 Å². The largest absolute Gasteiger partial charge is 0.497 e. The Morgan fingerprint density at radius 3 is 2.68 bits per heavy atom. The molecule has 1 aliphatic heterocycles. The molecule has 2 heterocycles. The Morgan fingerprint density at radius 1 is 1.25 bits per heavy atom. The number of carbonyl (C=O) groups is 1. The molecule has 1 aromatic heterocycles. The van der Waals surface area contributed by atoms with Crippen LogP contribution in [0.2, 0.25) is 5.02 Å². The van der Waals surface area contributed by atoms with Gasteiger partial charge in [0.25, 0.3) is 5.69 Å². The standard InChI is InChI=1S/C19H11ClN2O5S/c1-26-12-5-2-10(3-6-12)8-14-19(23)27-18(21-14)17-16(20)13-7-4-11(22(24)25)9-15(13)28-17/h2-9H,1H3/b14-8+. The third-order valence-corrected chi connectivity index (χ3v) is 5.70. The molecule has 4 rings (SSSR count). The van der Waals surface area contributed by atoms with Crippen molar-refractivity contribution < 1.29 is 19.2 Å². The quantitative estimate of drug-likeness (QED) is 0.264. The summed E-state index contributed by atoms with van der Waals surface area (Å²) in [4.78, 5) is 27.4. The minimum absolute atomic E-state index is 0.0394. The van der Waals surface area contributed by atoms with Crippen molar-refractivity contribution in [3.05, 3.63) is 73.7 Å². The number of nitrogens with zero attached hydrogens (tertiary/aromatic N) is 2. The van der Waals surface area contributed by atoms with Crippen molar-refractivity contribution in [1.29, 1.82) is 0 Å². The van der Waals surface area contributed by atoms with Crippen LogP contribution in [0.3, 0.4) is 0 Å². The number of cyclic esters (lactones) is 1. The minimum atomic E-state index is -0.592. The maximum absolute atomic E-state index is 12.2. The number of hydrogen-bond donors (Lipinski definition) is 0. The predicted octanol–water partition coefficient (Wildman–Crippen LogP) is 4.82. The Labute approximate surface area is 167 Å². The molecular formula is C19H11ClN2O5S. The van der Waals surface area contributed by atoms with Crippen LogP contribution in [0, 0.1) is 10.1 Å². The van der Waals surface area contributed by atoms with E-state index >= 15 is 0 Å². The SMILES string of the molecule is COc1ccc(/C=C2/N=C(c3sc4cc([N+](=O)[O-])ccc4c3Cl)OC2=O)cc1. The van der Waals surface area contributed by atoms with Gasteiger partial charge in [0.1, 0.15) is 10.6 Å². The highest BCUT2D eigenvalue weighted by Gasteiger charge is 2.28. The molecule has 0 amide bonds. The Kier molecular flexibility index (Phi) is 4.58. The average molecular weight is 415 g/mol. The molecule has 3 aromatic rings. The lowest BCUT2D eigenvalue weighted by Crippen LogP contribution is -2.04. The molecule has 0 spiro atoms. The van der Waals surface area contributed by atoms with Crippen molar-refractivity contribution in [2.75, 3.05) is 7.11 Å². The first-order valence-electron chi connectivity index (χ1n) is 7.99. The molecule has 1 aliphatic rings. The van der Waals surface area contributed by atoms with E-state index in [4.69, 9.17) is 21.1 Å². The van der Waals surface area contributed by atoms with E-state index in [2.05, 4.69) is 4.99 Å². The third-order valence-electron chi connectivity index (χ3n) is 4.06. The second kappa shape index (κ2) is 7.06. The maximum Gasteiger partial charge on any atom is 0.363 e. The fourth-order valence-electron chi connectivity index (χ4n) is 2.67. The molecule has 28 heavy (non-hydrogen) atoms. The summed E-state index contributed by atoms with van der Waals surface area (Å²) >= 11 is 7.57. The van der Waals surface area contributed by atoms with Gasteiger partial charge in [-0.3, -0.25) is 10.1 Å². The van der Waals surface area contributed by atoms with E-state index in [9.17, 15) is 14.9 Å². The first-order chi connectivity index (χ1) is 13.5. The molecule has 7 nitrogen and oxygen atoms in total. The number of hydrogen-bond acceptors (Lipinski definition) is 7. The van der Waals surface area contributed by atoms with E-state index in [1.165, 1.54) is 23.5 Å². The van der Waals surface area contributed by atoms with Gasteiger partial charge in [0.15, 0.2) is 5.70 Å². The zero-order valence-corrected chi connectivity index (χ0v) is 15.9. The van der Waals surface area contributed by atoms with Gasteiger partial charge in [-0.05, 0) is 29.8 Å². The minimum Gasteiger partial charge on any atom is -0.497 e. The fraction of sp³-hybridized carbons (Fsp3) is 0.0526. The zero-order chi connectivity index (χ0) is 19.8. The van der Waals surface area contributed by atoms with Crippen molar-refractivity contribution in [2.24, 2.45) is 4.99 Å². The van der Waals surface area contributed by atoms with Gasteiger partial charge >= 0.3 is 5.97 Å². The normalized spacial score (nSPS) is 15.0. The highest BCUT2D eigenvalue weighted by atomic mass is 35.5. The van der Waals surface area contributed by atoms with Gasteiger partial charge in [-0.1, -0.05) is 23.7 Å². The van der Waals surface area contributed by atoms with Crippen LogP contribution in [-0.4, -0.2) is 23.9 Å². The highest BCUT2D eigenvalue weighted by Crippen LogP contribution is 2.39. The number of rotatable bonds is 4. The van der Waals surface area contributed by atoms with Gasteiger partial charge in [0.05, 0.1) is 17.1 Å². The zero-order valence-electron chi connectivity index (χ0n) is 14.3. The second-order valence-corrected chi connectivity index (χ2v) is 7.22. The monoisotopic (exact) mass is 414 g/mol. The van der Waals surface area contributed by atoms with E-state index in [1.54, 1.807) is 43.5 Å². The molecular weight excluding hydrogens is 404 g/mol. The van der Waals surface area contributed by atoms with Crippen LogP contribution in [-0.2, 0) is 9.53 Å². The molecule has 0 atom stereocenters. The van der Waals surface area contributed by atoms with Crippen LogP contribution in [0.1, 0.15) is 10.4 Å². The van der Waals surface area contributed by atoms with Crippen molar-refractivity contribution >= 4 is 56.7 Å². The Balaban J connectivity index is 1.72. The second-order valence-electron chi connectivity index (χ2n) is 5.79. The lowest BCUT2D eigenvalue weighted by atomic mass is 10.2. The highest BCUT2D eigenvalue weighted by molar-refractivity contribution is 7.21. The van der Waals surface area contributed by atoms with Crippen molar-refractivity contribution in [3.63, 3.8) is 0 Å². The fourth-order valence-corrected chi connectivity index (χ4v) is 4.14. The number of carbonyl (C=O) groups excluding carboxylic acids is 1. The summed E-state index contributed by atoms with van der Waals surface area (Å²) in [5.74, 6) is 0.190. The summed E-state index contributed by atoms with van der Waals surface area (Å²) in [5, 5.41) is 11.9. The van der Waals surface area contributed by atoms with E-state index < -0.39 is 10.9 Å². The van der Waals surface area contributed by atoms with Gasteiger partial charge in [0, 0.05) is 22.2 Å². The van der Waals surface area contributed by atoms with E-state index in [0.717, 1.165) is 5.56 Å². The van der Waals surface area contributed by atoms with Gasteiger partial charge < -0.3 is 9.47 Å². The first kappa shape index (κ1) is 18.1. The summed E-state index contributed by atoms with van der Waals surface area (Å²) in [7, 11) is 1.57. The Morgan fingerprint density at radius 2 is 2.00 bits per heavy atom. The van der Waals surface area contributed by atoms with E-state index in [0.29, 0.717) is 25.7 Å². The van der Waals surface area contributed by atoms with Crippen molar-refractivity contribution in [2.45, 2.75) is 0 Å². The maximum atomic E-state index is 12.2. The smallest absolute Gasteiger partial charge is 0.363 e. The van der Waals surface area contributed by atoms with Crippen molar-refractivity contribution in [3.8, 4) is 5.75 Å². The molecule has 0 fully saturated rings.